The van der Waals surface area contributed by atoms with E-state index in [4.69, 9.17) is 0 Å². The van der Waals surface area contributed by atoms with Crippen molar-refractivity contribution in [1.29, 1.82) is 0 Å². The highest BCUT2D eigenvalue weighted by Crippen LogP contribution is 2.22. The van der Waals surface area contributed by atoms with Crippen LogP contribution in [0.1, 0.15) is 25.0 Å². The van der Waals surface area contributed by atoms with E-state index in [1.807, 2.05) is 38.1 Å². The first-order valence-corrected chi connectivity index (χ1v) is 5.15. The lowest BCUT2D eigenvalue weighted by Crippen LogP contribution is -1.89. The Morgan fingerprint density at radius 2 is 1.73 bits per heavy atom. The number of fused-ring (bicyclic) bond motifs is 1. The lowest BCUT2D eigenvalue weighted by molar-refractivity contribution is 0.426. The van der Waals surface area contributed by atoms with Crippen molar-refractivity contribution in [3.8, 4) is 0 Å². The molecule has 2 nitrogen and oxygen atoms in total. The fraction of sp³-hybridized carbons (Fsp3) is 0.231. The molecule has 0 saturated heterocycles. The second-order valence-corrected chi connectivity index (χ2v) is 3.02. The molecule has 2 heteroatoms. The Hall–Kier alpha value is -1.70. The Balaban J connectivity index is 0.000000531. The third-order valence-corrected chi connectivity index (χ3v) is 2.11. The minimum Gasteiger partial charge on any atom is -0.508 e. The van der Waals surface area contributed by atoms with Gasteiger partial charge in [-0.1, -0.05) is 38.1 Å². The summed E-state index contributed by atoms with van der Waals surface area (Å²) in [5.41, 5.74) is 1.82. The second kappa shape index (κ2) is 5.25. The normalized spacial score (nSPS) is 13.7. The van der Waals surface area contributed by atoms with Gasteiger partial charge in [-0.2, -0.15) is 0 Å². The first kappa shape index (κ1) is 11.4. The number of hydrogen-bond acceptors (Lipinski definition) is 2. The molecule has 0 heterocycles. The number of hydrogen-bond donors (Lipinski definition) is 2. The molecule has 0 aromatic heterocycles. The van der Waals surface area contributed by atoms with E-state index in [1.54, 1.807) is 6.08 Å². The van der Waals surface area contributed by atoms with Crippen LogP contribution in [-0.2, 0) is 6.42 Å². The Bertz CT molecular complexity index is 389. The highest BCUT2D eigenvalue weighted by Gasteiger charge is 2.08. The average Bonchev–Trinajstić information content (AvgIpc) is 2.42. The summed E-state index contributed by atoms with van der Waals surface area (Å²) in [6.07, 6.45) is 3.70. The van der Waals surface area contributed by atoms with E-state index in [0.717, 1.165) is 11.1 Å². The van der Waals surface area contributed by atoms with Crippen molar-refractivity contribution >= 4 is 5.76 Å². The molecule has 15 heavy (non-hydrogen) atoms. The molecule has 0 radical (unpaired) electrons. The molecule has 0 amide bonds. The summed E-state index contributed by atoms with van der Waals surface area (Å²) in [6, 6.07) is 7.57. The molecule has 1 aromatic rings. The van der Waals surface area contributed by atoms with Gasteiger partial charge in [0, 0.05) is 11.6 Å². The minimum atomic E-state index is 0.119. The van der Waals surface area contributed by atoms with E-state index in [9.17, 15) is 10.2 Å². The van der Waals surface area contributed by atoms with Crippen LogP contribution in [0.5, 0.6) is 0 Å². The van der Waals surface area contributed by atoms with Gasteiger partial charge in [0.1, 0.15) is 11.5 Å². The van der Waals surface area contributed by atoms with Gasteiger partial charge < -0.3 is 10.2 Å². The number of aliphatic hydroxyl groups excluding tert-OH is 2. The van der Waals surface area contributed by atoms with Gasteiger partial charge in [-0.15, -0.1) is 0 Å². The minimum absolute atomic E-state index is 0.119. The van der Waals surface area contributed by atoms with Crippen LogP contribution >= 0.6 is 0 Å². The number of benzene rings is 1. The summed E-state index contributed by atoms with van der Waals surface area (Å²) >= 11 is 0. The van der Waals surface area contributed by atoms with Crippen molar-refractivity contribution in [3.63, 3.8) is 0 Å². The third-order valence-electron chi connectivity index (χ3n) is 2.11. The van der Waals surface area contributed by atoms with Gasteiger partial charge in [-0.25, -0.2) is 0 Å². The Labute approximate surface area is 90.2 Å². The molecule has 0 spiro atoms. The molecule has 0 unspecified atom stereocenters. The topological polar surface area (TPSA) is 40.5 Å². The SMILES string of the molecule is CC.OC1=CCc2ccccc2C(O)=C1. The highest BCUT2D eigenvalue weighted by molar-refractivity contribution is 5.65. The molecule has 1 aliphatic carbocycles. The maximum absolute atomic E-state index is 9.57. The summed E-state index contributed by atoms with van der Waals surface area (Å²) in [7, 11) is 0. The molecule has 0 bridgehead atoms. The number of rotatable bonds is 0. The molecular formula is C13H16O2. The first-order chi connectivity index (χ1) is 7.27. The van der Waals surface area contributed by atoms with Crippen LogP contribution < -0.4 is 0 Å². The molecule has 0 atom stereocenters. The molecule has 0 aliphatic heterocycles. The van der Waals surface area contributed by atoms with Gasteiger partial charge in [-0.3, -0.25) is 0 Å². The maximum Gasteiger partial charge on any atom is 0.126 e. The molecule has 1 aromatic carbocycles. The molecule has 1 aliphatic rings. The van der Waals surface area contributed by atoms with Crippen LogP contribution in [-0.4, -0.2) is 10.2 Å². The van der Waals surface area contributed by atoms with Gasteiger partial charge in [0.2, 0.25) is 0 Å². The van der Waals surface area contributed by atoms with E-state index < -0.39 is 0 Å². The van der Waals surface area contributed by atoms with Gasteiger partial charge >= 0.3 is 0 Å². The first-order valence-electron chi connectivity index (χ1n) is 5.15. The van der Waals surface area contributed by atoms with Crippen LogP contribution in [0.4, 0.5) is 0 Å². The van der Waals surface area contributed by atoms with Crippen LogP contribution in [0, 0.1) is 0 Å². The number of aliphatic hydroxyl groups is 2. The maximum atomic E-state index is 9.57. The second-order valence-electron chi connectivity index (χ2n) is 3.02. The van der Waals surface area contributed by atoms with E-state index in [1.165, 1.54) is 6.08 Å². The zero-order chi connectivity index (χ0) is 11.3. The Morgan fingerprint density at radius 3 is 2.47 bits per heavy atom. The zero-order valence-electron chi connectivity index (χ0n) is 9.07. The van der Waals surface area contributed by atoms with Crippen LogP contribution in [0.25, 0.3) is 5.76 Å². The van der Waals surface area contributed by atoms with Crippen molar-refractivity contribution in [1.82, 2.24) is 0 Å². The van der Waals surface area contributed by atoms with E-state index in [0.29, 0.717) is 6.42 Å². The summed E-state index contributed by atoms with van der Waals surface area (Å²) in [5, 5.41) is 18.8. The standard InChI is InChI=1S/C11H10O2.C2H6/c12-9-6-5-8-3-1-2-4-10(8)11(13)7-9;1-2/h1-4,6-7,12-13H,5H2;1-2H3. The predicted molar refractivity (Wildman–Crippen MR) is 62.8 cm³/mol. The van der Waals surface area contributed by atoms with Crippen molar-refractivity contribution in [2.75, 3.05) is 0 Å². The van der Waals surface area contributed by atoms with Crippen LogP contribution in [0.15, 0.2) is 42.2 Å². The van der Waals surface area contributed by atoms with E-state index in [2.05, 4.69) is 0 Å². The quantitative estimate of drug-likeness (QED) is 0.677. The summed E-state index contributed by atoms with van der Waals surface area (Å²) in [4.78, 5) is 0. The monoisotopic (exact) mass is 204 g/mol. The predicted octanol–water partition coefficient (Wildman–Crippen LogP) is 3.61. The largest absolute Gasteiger partial charge is 0.508 e. The molecule has 2 rings (SSSR count). The van der Waals surface area contributed by atoms with E-state index >= 15 is 0 Å². The lowest BCUT2D eigenvalue weighted by Gasteiger charge is -2.03. The third kappa shape index (κ3) is 2.62. The van der Waals surface area contributed by atoms with Crippen LogP contribution in [0.2, 0.25) is 0 Å². The molecule has 80 valence electrons. The summed E-state index contributed by atoms with van der Waals surface area (Å²) < 4.78 is 0. The fourth-order valence-electron chi connectivity index (χ4n) is 1.44. The summed E-state index contributed by atoms with van der Waals surface area (Å²) in [6.45, 7) is 4.00. The Kier molecular flexibility index (Phi) is 3.98. The average molecular weight is 204 g/mol. The van der Waals surface area contributed by atoms with Crippen molar-refractivity contribution in [3.05, 3.63) is 53.3 Å². The molecular weight excluding hydrogens is 188 g/mol. The lowest BCUT2D eigenvalue weighted by atomic mass is 10.0. The highest BCUT2D eigenvalue weighted by atomic mass is 16.3. The van der Waals surface area contributed by atoms with Crippen molar-refractivity contribution in [2.45, 2.75) is 20.3 Å². The molecule has 0 saturated carbocycles. The van der Waals surface area contributed by atoms with E-state index in [-0.39, 0.29) is 11.5 Å². The summed E-state index contributed by atoms with van der Waals surface area (Å²) in [5.74, 6) is 0.246. The fourth-order valence-corrected chi connectivity index (χ4v) is 1.44. The smallest absolute Gasteiger partial charge is 0.126 e. The van der Waals surface area contributed by atoms with Crippen LogP contribution in [0.3, 0.4) is 0 Å². The number of allylic oxidation sites excluding steroid dienone is 2. The molecule has 0 fully saturated rings. The van der Waals surface area contributed by atoms with Crippen molar-refractivity contribution < 1.29 is 10.2 Å². The van der Waals surface area contributed by atoms with Crippen molar-refractivity contribution in [2.24, 2.45) is 0 Å². The zero-order valence-corrected chi connectivity index (χ0v) is 9.07. The van der Waals surface area contributed by atoms with Gasteiger partial charge in [0.05, 0.1) is 0 Å². The van der Waals surface area contributed by atoms with Gasteiger partial charge in [0.15, 0.2) is 0 Å². The van der Waals surface area contributed by atoms with Gasteiger partial charge in [0.25, 0.3) is 0 Å². The van der Waals surface area contributed by atoms with Gasteiger partial charge in [-0.05, 0) is 18.1 Å². The Morgan fingerprint density at radius 1 is 1.07 bits per heavy atom. The molecule has 2 N–H and O–H groups in total.